The first-order chi connectivity index (χ1) is 15.4. The molecule has 5 aromatic rings. The smallest absolute Gasteiger partial charge is 0.272 e. The van der Waals surface area contributed by atoms with Gasteiger partial charge in [-0.15, -0.1) is 11.3 Å². The van der Waals surface area contributed by atoms with Crippen LogP contribution in [0.1, 0.15) is 28.5 Å². The van der Waals surface area contributed by atoms with Gasteiger partial charge in [0.15, 0.2) is 0 Å². The molecule has 0 aliphatic rings. The van der Waals surface area contributed by atoms with Crippen LogP contribution in [0.5, 0.6) is 0 Å². The topological polar surface area (TPSA) is 46.9 Å². The van der Waals surface area contributed by atoms with Crippen molar-refractivity contribution in [1.82, 2.24) is 9.55 Å². The van der Waals surface area contributed by atoms with Gasteiger partial charge in [-0.2, -0.15) is 0 Å². The lowest BCUT2D eigenvalue weighted by atomic mass is 10.1. The highest BCUT2D eigenvalue weighted by atomic mass is 35.5. The quantitative estimate of drug-likeness (QED) is 0.303. The second-order valence-electron chi connectivity index (χ2n) is 7.90. The Labute approximate surface area is 195 Å². The number of hydrogen-bond donors (Lipinski definition) is 1. The van der Waals surface area contributed by atoms with Gasteiger partial charge in [0.25, 0.3) is 5.91 Å². The molecule has 0 aliphatic heterocycles. The van der Waals surface area contributed by atoms with Crippen molar-refractivity contribution in [1.29, 1.82) is 0 Å². The average molecular weight is 460 g/mol. The summed E-state index contributed by atoms with van der Waals surface area (Å²) in [6.45, 7) is 6.80. The molecule has 2 heterocycles. The van der Waals surface area contributed by atoms with Crippen LogP contribution in [0.2, 0.25) is 5.02 Å². The van der Waals surface area contributed by atoms with Crippen LogP contribution in [0, 0.1) is 13.8 Å². The number of halogens is 1. The van der Waals surface area contributed by atoms with Crippen LogP contribution in [-0.2, 0) is 6.54 Å². The third kappa shape index (κ3) is 3.57. The van der Waals surface area contributed by atoms with Gasteiger partial charge in [0.05, 0.1) is 10.2 Å². The number of rotatable bonds is 4. The Morgan fingerprint density at radius 1 is 1.06 bits per heavy atom. The van der Waals surface area contributed by atoms with Crippen molar-refractivity contribution >= 4 is 55.7 Å². The van der Waals surface area contributed by atoms with Crippen molar-refractivity contribution in [3.63, 3.8) is 0 Å². The van der Waals surface area contributed by atoms with Gasteiger partial charge >= 0.3 is 0 Å². The number of fused-ring (bicyclic) bond motifs is 2. The maximum Gasteiger partial charge on any atom is 0.272 e. The molecule has 4 nitrogen and oxygen atoms in total. The summed E-state index contributed by atoms with van der Waals surface area (Å²) in [5.41, 5.74) is 6.64. The largest absolute Gasteiger partial charge is 0.337 e. The van der Waals surface area contributed by atoms with Gasteiger partial charge in [-0.25, -0.2) is 4.98 Å². The molecule has 3 aromatic carbocycles. The number of amides is 1. The van der Waals surface area contributed by atoms with Crippen LogP contribution in [0.15, 0.2) is 60.7 Å². The number of thiazole rings is 1. The van der Waals surface area contributed by atoms with E-state index in [0.717, 1.165) is 38.2 Å². The van der Waals surface area contributed by atoms with E-state index in [1.54, 1.807) is 11.3 Å². The van der Waals surface area contributed by atoms with Crippen LogP contribution >= 0.6 is 22.9 Å². The highest BCUT2D eigenvalue weighted by molar-refractivity contribution is 7.21. The van der Waals surface area contributed by atoms with Gasteiger partial charge in [-0.05, 0) is 86.5 Å². The van der Waals surface area contributed by atoms with E-state index in [-0.39, 0.29) is 5.91 Å². The molecular weight excluding hydrogens is 438 g/mol. The molecular formula is C26H22ClN3OS. The van der Waals surface area contributed by atoms with Gasteiger partial charge in [0.2, 0.25) is 0 Å². The predicted molar refractivity (Wildman–Crippen MR) is 135 cm³/mol. The second kappa shape index (κ2) is 8.08. The second-order valence-corrected chi connectivity index (χ2v) is 9.37. The Morgan fingerprint density at radius 2 is 1.84 bits per heavy atom. The lowest BCUT2D eigenvalue weighted by Gasteiger charge is -2.10. The third-order valence-corrected chi connectivity index (χ3v) is 7.05. The number of aromatic nitrogens is 2. The number of nitrogens with one attached hydrogen (secondary N) is 1. The molecule has 2 aromatic heterocycles. The first kappa shape index (κ1) is 20.7. The fourth-order valence-electron chi connectivity index (χ4n) is 4.16. The fraction of sp³-hybridized carbons (Fsp3) is 0.154. The zero-order valence-electron chi connectivity index (χ0n) is 18.1. The highest BCUT2D eigenvalue weighted by Crippen LogP contribution is 2.32. The van der Waals surface area contributed by atoms with Crippen LogP contribution < -0.4 is 5.32 Å². The molecule has 0 unspecified atom stereocenters. The zero-order valence-corrected chi connectivity index (χ0v) is 19.6. The zero-order chi connectivity index (χ0) is 22.4. The molecule has 0 atom stereocenters. The van der Waals surface area contributed by atoms with Crippen molar-refractivity contribution in [2.45, 2.75) is 27.3 Å². The number of nitrogens with zero attached hydrogens (tertiary/aromatic N) is 2. The number of carbonyl (C=O) groups excluding carboxylic acids is 1. The van der Waals surface area contributed by atoms with Crippen LogP contribution in [0.4, 0.5) is 5.69 Å². The Balaban J connectivity index is 1.43. The fourth-order valence-corrected chi connectivity index (χ4v) is 5.40. The first-order valence-corrected chi connectivity index (χ1v) is 11.7. The summed E-state index contributed by atoms with van der Waals surface area (Å²) < 4.78 is 3.22. The lowest BCUT2D eigenvalue weighted by molar-refractivity contribution is 0.101. The van der Waals surface area contributed by atoms with Crippen molar-refractivity contribution in [2.75, 3.05) is 5.32 Å². The van der Waals surface area contributed by atoms with Crippen molar-refractivity contribution in [3.8, 4) is 10.6 Å². The Morgan fingerprint density at radius 3 is 2.59 bits per heavy atom. The summed E-state index contributed by atoms with van der Waals surface area (Å²) >= 11 is 7.87. The first-order valence-electron chi connectivity index (χ1n) is 10.5. The maximum atomic E-state index is 13.2. The molecule has 0 saturated carbocycles. The van der Waals surface area contributed by atoms with E-state index >= 15 is 0 Å². The molecule has 5 rings (SSSR count). The minimum atomic E-state index is -0.125. The molecule has 0 bridgehead atoms. The van der Waals surface area contributed by atoms with Gasteiger partial charge < -0.3 is 9.88 Å². The number of carbonyl (C=O) groups is 1. The highest BCUT2D eigenvalue weighted by Gasteiger charge is 2.20. The number of hydrogen-bond acceptors (Lipinski definition) is 3. The lowest BCUT2D eigenvalue weighted by Crippen LogP contribution is -2.17. The van der Waals surface area contributed by atoms with E-state index in [1.807, 2.05) is 60.9 Å². The van der Waals surface area contributed by atoms with Gasteiger partial charge in [0.1, 0.15) is 10.7 Å². The van der Waals surface area contributed by atoms with Crippen LogP contribution in [0.25, 0.3) is 31.7 Å². The van der Waals surface area contributed by atoms with Gasteiger partial charge in [-0.3, -0.25) is 4.79 Å². The Kier molecular flexibility index (Phi) is 5.24. The monoisotopic (exact) mass is 459 g/mol. The Hall–Kier alpha value is -3.15. The third-order valence-electron chi connectivity index (χ3n) is 5.74. The molecule has 0 spiro atoms. The number of benzene rings is 3. The predicted octanol–water partition coefficient (Wildman–Crippen LogP) is 7.46. The molecule has 1 amide bonds. The summed E-state index contributed by atoms with van der Waals surface area (Å²) in [5.74, 6) is -0.125. The van der Waals surface area contributed by atoms with Crippen molar-refractivity contribution in [2.24, 2.45) is 0 Å². The van der Waals surface area contributed by atoms with Crippen LogP contribution in [0.3, 0.4) is 0 Å². The molecule has 0 saturated heterocycles. The van der Waals surface area contributed by atoms with E-state index in [9.17, 15) is 4.79 Å². The van der Waals surface area contributed by atoms with Gasteiger partial charge in [-0.1, -0.05) is 17.7 Å². The molecule has 0 fully saturated rings. The summed E-state index contributed by atoms with van der Waals surface area (Å²) in [6, 6.07) is 19.9. The van der Waals surface area contributed by atoms with Crippen molar-refractivity contribution in [3.05, 3.63) is 82.5 Å². The number of aryl methyl sites for hydroxylation is 3. The van der Waals surface area contributed by atoms with E-state index in [4.69, 9.17) is 16.6 Å². The van der Waals surface area contributed by atoms with Crippen molar-refractivity contribution < 1.29 is 4.79 Å². The van der Waals surface area contributed by atoms with E-state index < -0.39 is 0 Å². The van der Waals surface area contributed by atoms with E-state index in [0.29, 0.717) is 17.3 Å². The summed E-state index contributed by atoms with van der Waals surface area (Å²) in [5, 5.41) is 5.70. The molecule has 0 radical (unpaired) electrons. The van der Waals surface area contributed by atoms with Crippen LogP contribution in [-0.4, -0.2) is 15.5 Å². The van der Waals surface area contributed by atoms with Gasteiger partial charge in [0, 0.05) is 33.7 Å². The number of anilines is 1. The minimum absolute atomic E-state index is 0.125. The molecule has 32 heavy (non-hydrogen) atoms. The normalized spacial score (nSPS) is 11.4. The summed E-state index contributed by atoms with van der Waals surface area (Å²) in [4.78, 5) is 17.9. The average Bonchev–Trinajstić information content (AvgIpc) is 3.32. The molecule has 1 N–H and O–H groups in total. The maximum absolute atomic E-state index is 13.2. The standard InChI is InChI=1S/C26H22ClN3OS/c1-4-30-22-12-8-18(27)14-20(22)16(3)24(30)25(31)28-19-9-6-17(7-10-19)26-29-21-11-5-15(2)13-23(21)32-26/h5-14H,4H2,1-3H3,(H,28,31). The minimum Gasteiger partial charge on any atom is -0.337 e. The molecule has 160 valence electrons. The van der Waals surface area contributed by atoms with E-state index in [2.05, 4.69) is 30.4 Å². The Bertz CT molecular complexity index is 1480. The summed E-state index contributed by atoms with van der Waals surface area (Å²) in [7, 11) is 0. The molecule has 0 aliphatic carbocycles. The summed E-state index contributed by atoms with van der Waals surface area (Å²) in [6.07, 6.45) is 0. The van der Waals surface area contributed by atoms with E-state index in [1.165, 1.54) is 10.3 Å². The molecule has 6 heteroatoms. The SMILES string of the molecule is CCn1c(C(=O)Nc2ccc(-c3nc4ccc(C)cc4s3)cc2)c(C)c2cc(Cl)ccc21.